The summed E-state index contributed by atoms with van der Waals surface area (Å²) in [6, 6.07) is -0.101. The molecule has 1 aliphatic rings. The maximum Gasteiger partial charge on any atom is 0.317 e. The number of hydrogen-bond acceptors (Lipinski definition) is 3. The molecule has 0 aromatic carbocycles. The zero-order valence-electron chi connectivity index (χ0n) is 11.5. The Hall–Kier alpha value is -1.30. The number of nitrogens with one attached hydrogen (secondary N) is 1. The zero-order valence-corrected chi connectivity index (χ0v) is 11.5. The van der Waals surface area contributed by atoms with Crippen LogP contribution in [0.1, 0.15) is 39.0 Å². The number of urea groups is 1. The number of amides is 2. The summed E-state index contributed by atoms with van der Waals surface area (Å²) in [6.07, 6.45) is 3.50. The van der Waals surface area contributed by atoms with Gasteiger partial charge in [0, 0.05) is 19.1 Å². The lowest BCUT2D eigenvalue weighted by molar-refractivity contribution is -0.142. The summed E-state index contributed by atoms with van der Waals surface area (Å²) in [5.41, 5.74) is 0. The van der Waals surface area contributed by atoms with Crippen molar-refractivity contribution in [2.24, 2.45) is 5.92 Å². The molecular formula is C13H24N2O4. The molecule has 0 aromatic rings. The third-order valence-corrected chi connectivity index (χ3v) is 3.55. The van der Waals surface area contributed by atoms with Crippen molar-refractivity contribution in [1.82, 2.24) is 10.2 Å². The Bertz CT molecular complexity index is 295. The first-order chi connectivity index (χ1) is 9.08. The smallest absolute Gasteiger partial charge is 0.317 e. The number of aliphatic carboxylic acids is 1. The van der Waals surface area contributed by atoms with E-state index in [0.717, 1.165) is 6.42 Å². The topological polar surface area (TPSA) is 89.9 Å². The minimum Gasteiger partial charge on any atom is -0.481 e. The normalized spacial score (nSPS) is 22.8. The number of carbonyl (C=O) groups is 2. The predicted molar refractivity (Wildman–Crippen MR) is 70.9 cm³/mol. The van der Waals surface area contributed by atoms with E-state index in [4.69, 9.17) is 10.2 Å². The summed E-state index contributed by atoms with van der Waals surface area (Å²) in [5.74, 6) is -1.00. The molecule has 0 heterocycles. The third kappa shape index (κ3) is 5.06. The monoisotopic (exact) mass is 272 g/mol. The molecule has 0 bridgehead atoms. The van der Waals surface area contributed by atoms with E-state index in [9.17, 15) is 9.59 Å². The molecule has 19 heavy (non-hydrogen) atoms. The fourth-order valence-corrected chi connectivity index (χ4v) is 2.46. The molecule has 1 fully saturated rings. The maximum absolute atomic E-state index is 12.0. The van der Waals surface area contributed by atoms with Crippen LogP contribution in [-0.2, 0) is 4.79 Å². The average Bonchev–Trinajstić information content (AvgIpc) is 2.39. The second-order valence-corrected chi connectivity index (χ2v) is 5.05. The fourth-order valence-electron chi connectivity index (χ4n) is 2.46. The van der Waals surface area contributed by atoms with Crippen LogP contribution in [0.25, 0.3) is 0 Å². The zero-order chi connectivity index (χ0) is 14.3. The molecule has 6 heteroatoms. The molecule has 110 valence electrons. The lowest BCUT2D eigenvalue weighted by atomic mass is 9.86. The summed E-state index contributed by atoms with van der Waals surface area (Å²) >= 11 is 0. The summed E-state index contributed by atoms with van der Waals surface area (Å²) in [7, 11) is 0. The number of aliphatic hydroxyl groups is 1. The van der Waals surface area contributed by atoms with Crippen LogP contribution in [0.15, 0.2) is 0 Å². The average molecular weight is 272 g/mol. The molecule has 1 saturated carbocycles. The fraction of sp³-hybridized carbons (Fsp3) is 0.846. The summed E-state index contributed by atoms with van der Waals surface area (Å²) < 4.78 is 0. The van der Waals surface area contributed by atoms with Crippen LogP contribution < -0.4 is 5.32 Å². The van der Waals surface area contributed by atoms with Crippen LogP contribution in [0.2, 0.25) is 0 Å². The second kappa shape index (κ2) is 7.99. The van der Waals surface area contributed by atoms with Crippen LogP contribution >= 0.6 is 0 Å². The highest BCUT2D eigenvalue weighted by Gasteiger charge is 2.27. The first-order valence-electron chi connectivity index (χ1n) is 6.97. The van der Waals surface area contributed by atoms with Crippen molar-refractivity contribution in [3.05, 3.63) is 0 Å². The van der Waals surface area contributed by atoms with Gasteiger partial charge in [0.2, 0.25) is 0 Å². The molecule has 0 saturated heterocycles. The van der Waals surface area contributed by atoms with E-state index in [2.05, 4.69) is 5.32 Å². The van der Waals surface area contributed by atoms with Crippen molar-refractivity contribution in [2.75, 3.05) is 19.7 Å². The van der Waals surface area contributed by atoms with Crippen LogP contribution in [0.4, 0.5) is 4.79 Å². The first kappa shape index (κ1) is 15.8. The van der Waals surface area contributed by atoms with Crippen LogP contribution in [-0.4, -0.2) is 52.9 Å². The molecule has 0 spiro atoms. The largest absolute Gasteiger partial charge is 0.481 e. The number of carbonyl (C=O) groups excluding carboxylic acids is 1. The van der Waals surface area contributed by atoms with Gasteiger partial charge in [-0.25, -0.2) is 4.79 Å². The molecule has 0 atom stereocenters. The Morgan fingerprint density at radius 2 is 1.84 bits per heavy atom. The van der Waals surface area contributed by atoms with Gasteiger partial charge >= 0.3 is 12.0 Å². The Kier molecular flexibility index (Phi) is 6.62. The molecule has 0 unspecified atom stereocenters. The van der Waals surface area contributed by atoms with E-state index >= 15 is 0 Å². The Labute approximate surface area is 113 Å². The molecule has 0 aromatic heterocycles. The minimum absolute atomic E-state index is 0.0425. The highest BCUT2D eigenvalue weighted by molar-refractivity contribution is 5.74. The Balaban J connectivity index is 2.38. The van der Waals surface area contributed by atoms with E-state index < -0.39 is 5.97 Å². The van der Waals surface area contributed by atoms with Crippen molar-refractivity contribution in [1.29, 1.82) is 0 Å². The van der Waals surface area contributed by atoms with Gasteiger partial charge < -0.3 is 20.4 Å². The van der Waals surface area contributed by atoms with E-state index in [-0.39, 0.29) is 24.6 Å². The predicted octanol–water partition coefficient (Wildman–Crippen LogP) is 1.04. The van der Waals surface area contributed by atoms with E-state index in [1.165, 1.54) is 0 Å². The van der Waals surface area contributed by atoms with Gasteiger partial charge in [-0.15, -0.1) is 0 Å². The number of aliphatic hydroxyl groups excluding tert-OH is 1. The van der Waals surface area contributed by atoms with Gasteiger partial charge in [0.05, 0.1) is 12.5 Å². The van der Waals surface area contributed by atoms with Crippen LogP contribution in [0, 0.1) is 5.92 Å². The maximum atomic E-state index is 12.0. The number of carboxylic acid groups (broad SMARTS) is 1. The van der Waals surface area contributed by atoms with Crippen LogP contribution in [0.5, 0.6) is 0 Å². The molecule has 6 nitrogen and oxygen atoms in total. The van der Waals surface area contributed by atoms with Crippen molar-refractivity contribution >= 4 is 12.0 Å². The van der Waals surface area contributed by atoms with Crippen molar-refractivity contribution in [3.63, 3.8) is 0 Å². The standard InChI is InChI=1S/C13H24N2O4/c1-2-7-15(8-9-16)13(19)14-11-5-3-10(4-6-11)12(17)18/h10-11,16H,2-9H2,1H3,(H,14,19)(H,17,18). The van der Waals surface area contributed by atoms with Gasteiger partial charge in [0.1, 0.15) is 0 Å². The van der Waals surface area contributed by atoms with E-state index in [0.29, 0.717) is 38.8 Å². The lowest BCUT2D eigenvalue weighted by Crippen LogP contribution is -2.47. The summed E-state index contributed by atoms with van der Waals surface area (Å²) in [5, 5.41) is 20.8. The molecule has 1 rings (SSSR count). The molecule has 0 aliphatic heterocycles. The van der Waals surface area contributed by atoms with Gasteiger partial charge in [-0.1, -0.05) is 6.92 Å². The lowest BCUT2D eigenvalue weighted by Gasteiger charge is -2.29. The Morgan fingerprint density at radius 1 is 1.21 bits per heavy atom. The number of hydrogen-bond donors (Lipinski definition) is 3. The number of rotatable bonds is 6. The molecular weight excluding hydrogens is 248 g/mol. The molecule has 3 N–H and O–H groups in total. The van der Waals surface area contributed by atoms with Gasteiger partial charge in [0.25, 0.3) is 0 Å². The molecule has 2 amide bonds. The Morgan fingerprint density at radius 3 is 2.32 bits per heavy atom. The van der Waals surface area contributed by atoms with Gasteiger partial charge in [0.15, 0.2) is 0 Å². The third-order valence-electron chi connectivity index (χ3n) is 3.55. The quantitative estimate of drug-likeness (QED) is 0.674. The van der Waals surface area contributed by atoms with Gasteiger partial charge in [-0.05, 0) is 32.1 Å². The van der Waals surface area contributed by atoms with Gasteiger partial charge in [-0.3, -0.25) is 4.79 Å². The van der Waals surface area contributed by atoms with Crippen molar-refractivity contribution < 1.29 is 19.8 Å². The van der Waals surface area contributed by atoms with Crippen molar-refractivity contribution in [2.45, 2.75) is 45.1 Å². The van der Waals surface area contributed by atoms with E-state index in [1.54, 1.807) is 4.90 Å². The van der Waals surface area contributed by atoms with Crippen molar-refractivity contribution in [3.8, 4) is 0 Å². The second-order valence-electron chi connectivity index (χ2n) is 5.05. The summed E-state index contributed by atoms with van der Waals surface area (Å²) in [6.45, 7) is 2.90. The van der Waals surface area contributed by atoms with Gasteiger partial charge in [-0.2, -0.15) is 0 Å². The van der Waals surface area contributed by atoms with Crippen LogP contribution in [0.3, 0.4) is 0 Å². The summed E-state index contributed by atoms with van der Waals surface area (Å²) in [4.78, 5) is 24.4. The first-order valence-corrected chi connectivity index (χ1v) is 6.97. The van der Waals surface area contributed by atoms with E-state index in [1.807, 2.05) is 6.92 Å². The highest BCUT2D eigenvalue weighted by atomic mass is 16.4. The highest BCUT2D eigenvalue weighted by Crippen LogP contribution is 2.24. The minimum atomic E-state index is -0.738. The number of carboxylic acids is 1. The molecule has 0 radical (unpaired) electrons. The SMILES string of the molecule is CCCN(CCO)C(=O)NC1CCC(C(=O)O)CC1. The number of nitrogens with zero attached hydrogens (tertiary/aromatic N) is 1. The molecule has 1 aliphatic carbocycles.